The number of halogens is 1. The van der Waals surface area contributed by atoms with Crippen molar-refractivity contribution >= 4 is 28.5 Å². The molecule has 1 aliphatic heterocycles. The van der Waals surface area contributed by atoms with E-state index < -0.39 is 11.6 Å². The molecule has 2 aromatic rings. The quantitative estimate of drug-likeness (QED) is 0.588. The zero-order chi connectivity index (χ0) is 19.2. The van der Waals surface area contributed by atoms with Crippen LogP contribution in [0.5, 0.6) is 5.75 Å². The van der Waals surface area contributed by atoms with Crippen molar-refractivity contribution in [3.8, 4) is 5.75 Å². The summed E-state index contributed by atoms with van der Waals surface area (Å²) in [4.78, 5) is 26.2. The number of hydrogen-bond donors (Lipinski definition) is 0. The van der Waals surface area contributed by atoms with Crippen LogP contribution >= 0.6 is 11.6 Å². The van der Waals surface area contributed by atoms with Crippen molar-refractivity contribution in [2.24, 2.45) is 0 Å². The normalized spacial score (nSPS) is 14.8. The minimum Gasteiger partial charge on any atom is -0.476 e. The fourth-order valence-corrected chi connectivity index (χ4v) is 3.34. The zero-order valence-corrected chi connectivity index (χ0v) is 16.3. The second-order valence-electron chi connectivity index (χ2n) is 7.43. The third-order valence-corrected chi connectivity index (χ3v) is 5.07. The van der Waals surface area contributed by atoms with Crippen LogP contribution < -0.4 is 10.4 Å². The fourth-order valence-electron chi connectivity index (χ4n) is 3.06. The van der Waals surface area contributed by atoms with Crippen LogP contribution in [0.3, 0.4) is 0 Å². The maximum atomic E-state index is 12.5. The van der Waals surface area contributed by atoms with Crippen LogP contribution in [-0.4, -0.2) is 30.2 Å². The number of aryl methyl sites for hydroxylation is 1. The molecular formula is C19H22ClNO5. The Morgan fingerprint density at radius 3 is 2.69 bits per heavy atom. The van der Waals surface area contributed by atoms with Crippen LogP contribution in [0.4, 0.5) is 0 Å². The lowest BCUT2D eigenvalue weighted by atomic mass is 9.98. The third kappa shape index (κ3) is 3.19. The molecule has 0 radical (unpaired) electrons. The summed E-state index contributed by atoms with van der Waals surface area (Å²) in [6.45, 7) is 9.00. The number of fused-ring (bicyclic) bond motifs is 3. The first-order valence-corrected chi connectivity index (χ1v) is 8.73. The maximum Gasteiger partial charge on any atom is 0.340 e. The number of benzene rings is 1. The van der Waals surface area contributed by atoms with E-state index in [0.29, 0.717) is 40.6 Å². The first-order chi connectivity index (χ1) is 12.1. The molecule has 3 rings (SSSR count). The van der Waals surface area contributed by atoms with Gasteiger partial charge in [0.25, 0.3) is 0 Å². The number of methoxy groups -OCH3 is 1. The second-order valence-corrected chi connectivity index (χ2v) is 7.84. The summed E-state index contributed by atoms with van der Waals surface area (Å²) >= 11 is 6.43. The summed E-state index contributed by atoms with van der Waals surface area (Å²) in [5.41, 5.74) is 1.49. The Morgan fingerprint density at radius 1 is 1.38 bits per heavy atom. The van der Waals surface area contributed by atoms with E-state index in [1.807, 2.05) is 0 Å². The molecule has 0 aliphatic carbocycles. The molecule has 0 saturated carbocycles. The molecule has 6 nitrogen and oxygen atoms in total. The minimum atomic E-state index is -0.544. The van der Waals surface area contributed by atoms with Crippen molar-refractivity contribution in [2.45, 2.75) is 46.2 Å². The highest BCUT2D eigenvalue weighted by molar-refractivity contribution is 6.33. The largest absolute Gasteiger partial charge is 0.476 e. The highest BCUT2D eigenvalue weighted by Gasteiger charge is 2.31. The molecule has 0 atom stereocenters. The molecule has 0 fully saturated rings. The van der Waals surface area contributed by atoms with Gasteiger partial charge >= 0.3 is 11.6 Å². The molecule has 1 aromatic carbocycles. The van der Waals surface area contributed by atoms with Crippen LogP contribution in [0.25, 0.3) is 11.0 Å². The van der Waals surface area contributed by atoms with Gasteiger partial charge in [-0.25, -0.2) is 4.79 Å². The van der Waals surface area contributed by atoms with Crippen molar-refractivity contribution in [2.75, 3.05) is 13.8 Å². The number of ether oxygens (including phenoxy) is 2. The molecule has 26 heavy (non-hydrogen) atoms. The van der Waals surface area contributed by atoms with Gasteiger partial charge in [-0.3, -0.25) is 9.69 Å². The number of hydrogen-bond acceptors (Lipinski definition) is 6. The lowest BCUT2D eigenvalue weighted by molar-refractivity contribution is -0.139. The predicted molar refractivity (Wildman–Crippen MR) is 98.7 cm³/mol. The van der Waals surface area contributed by atoms with Gasteiger partial charge in [-0.1, -0.05) is 11.6 Å². The molecule has 140 valence electrons. The Bertz CT molecular complexity index is 942. The molecule has 1 aromatic heterocycles. The topological polar surface area (TPSA) is 69.0 Å². The number of carbonyl (C=O) groups excluding carboxylic acids is 1. The van der Waals surface area contributed by atoms with Crippen LogP contribution in [0.2, 0.25) is 5.02 Å². The van der Waals surface area contributed by atoms with Gasteiger partial charge in [-0.05, 0) is 39.3 Å². The van der Waals surface area contributed by atoms with Crippen LogP contribution in [0.15, 0.2) is 15.3 Å². The van der Waals surface area contributed by atoms with Crippen LogP contribution in [-0.2, 0) is 22.5 Å². The number of rotatable bonds is 2. The fraction of sp³-hybridized carbons (Fsp3) is 0.474. The SMILES string of the molecule is COC(=O)Cc1c(C)c2cc(Cl)c3c(c2oc1=O)CN(C(C)(C)C)CO3. The second kappa shape index (κ2) is 6.59. The summed E-state index contributed by atoms with van der Waals surface area (Å²) in [6.07, 6.45) is -0.139. The Balaban J connectivity index is 2.22. The van der Waals surface area contributed by atoms with Crippen LogP contribution in [0, 0.1) is 6.92 Å². The Morgan fingerprint density at radius 2 is 2.08 bits per heavy atom. The predicted octanol–water partition coefficient (Wildman–Crippen LogP) is 3.42. The molecule has 0 saturated heterocycles. The molecule has 0 unspecified atom stereocenters. The van der Waals surface area contributed by atoms with Crippen molar-refractivity contribution in [3.63, 3.8) is 0 Å². The smallest absolute Gasteiger partial charge is 0.340 e. The third-order valence-electron chi connectivity index (χ3n) is 4.79. The Kier molecular flexibility index (Phi) is 4.75. The summed E-state index contributed by atoms with van der Waals surface area (Å²) in [7, 11) is 1.28. The minimum absolute atomic E-state index is 0.119. The van der Waals surface area contributed by atoms with Gasteiger partial charge in [0.05, 0.1) is 29.7 Å². The molecule has 0 N–H and O–H groups in total. The highest BCUT2D eigenvalue weighted by atomic mass is 35.5. The number of esters is 1. The van der Waals surface area contributed by atoms with E-state index >= 15 is 0 Å². The van der Waals surface area contributed by atoms with Gasteiger partial charge in [-0.15, -0.1) is 0 Å². The average Bonchev–Trinajstić information content (AvgIpc) is 2.58. The van der Waals surface area contributed by atoms with Crippen molar-refractivity contribution in [1.29, 1.82) is 0 Å². The summed E-state index contributed by atoms with van der Waals surface area (Å²) in [5.74, 6) is 0.0500. The van der Waals surface area contributed by atoms with Crippen molar-refractivity contribution in [3.05, 3.63) is 38.2 Å². The highest BCUT2D eigenvalue weighted by Crippen LogP contribution is 2.40. The van der Waals surface area contributed by atoms with E-state index in [1.54, 1.807) is 13.0 Å². The van der Waals surface area contributed by atoms with Gasteiger partial charge in [0.1, 0.15) is 18.1 Å². The monoisotopic (exact) mass is 379 g/mol. The van der Waals surface area contributed by atoms with Gasteiger partial charge in [0, 0.05) is 17.5 Å². The molecule has 1 aliphatic rings. The van der Waals surface area contributed by atoms with Gasteiger partial charge in [0.2, 0.25) is 0 Å². The van der Waals surface area contributed by atoms with E-state index in [0.717, 1.165) is 5.56 Å². The first-order valence-electron chi connectivity index (χ1n) is 8.35. The van der Waals surface area contributed by atoms with Gasteiger partial charge in [0.15, 0.2) is 0 Å². The van der Waals surface area contributed by atoms with Gasteiger partial charge in [-0.2, -0.15) is 0 Å². The molecule has 0 spiro atoms. The van der Waals surface area contributed by atoms with E-state index in [2.05, 4.69) is 30.4 Å². The molecule has 2 heterocycles. The van der Waals surface area contributed by atoms with E-state index in [4.69, 9.17) is 20.8 Å². The lowest BCUT2D eigenvalue weighted by Gasteiger charge is -2.39. The summed E-state index contributed by atoms with van der Waals surface area (Å²) in [6, 6.07) is 1.72. The molecule has 0 amide bonds. The van der Waals surface area contributed by atoms with Crippen LogP contribution in [0.1, 0.15) is 37.5 Å². The van der Waals surface area contributed by atoms with E-state index in [1.165, 1.54) is 7.11 Å². The number of carbonyl (C=O) groups is 1. The van der Waals surface area contributed by atoms with Crippen molar-refractivity contribution in [1.82, 2.24) is 4.90 Å². The zero-order valence-electron chi connectivity index (χ0n) is 15.6. The lowest BCUT2D eigenvalue weighted by Crippen LogP contribution is -2.45. The first kappa shape index (κ1) is 18.7. The van der Waals surface area contributed by atoms with Crippen molar-refractivity contribution < 1.29 is 18.7 Å². The number of nitrogens with zero attached hydrogens (tertiary/aromatic N) is 1. The summed E-state index contributed by atoms with van der Waals surface area (Å²) < 4.78 is 16.1. The summed E-state index contributed by atoms with van der Waals surface area (Å²) in [5, 5.41) is 1.16. The Hall–Kier alpha value is -2.05. The Labute approximate surface area is 156 Å². The molecule has 0 bridgehead atoms. The molecular weight excluding hydrogens is 358 g/mol. The average molecular weight is 380 g/mol. The molecule has 7 heteroatoms. The standard InChI is InChI=1S/C19H22ClNO5/c1-10-11-6-14(20)17-13(8-21(9-25-17)19(2,3)4)16(11)26-18(23)12(10)7-15(22)24-5/h6H,7-9H2,1-5H3. The van der Waals surface area contributed by atoms with Gasteiger partial charge < -0.3 is 13.9 Å². The van der Waals surface area contributed by atoms with E-state index in [-0.39, 0.29) is 17.5 Å². The maximum absolute atomic E-state index is 12.5. The van der Waals surface area contributed by atoms with E-state index in [9.17, 15) is 9.59 Å².